The fourth-order valence-electron chi connectivity index (χ4n) is 10.9. The van der Waals surface area contributed by atoms with Crippen LogP contribution in [0.15, 0.2) is 72.9 Å². The Balaban J connectivity index is 5.05. The molecule has 0 fully saturated rings. The van der Waals surface area contributed by atoms with Crippen molar-refractivity contribution >= 4 is 19.7 Å². The van der Waals surface area contributed by atoms with Gasteiger partial charge in [0.15, 0.2) is 0 Å². The van der Waals surface area contributed by atoms with Crippen molar-refractivity contribution in [3.63, 3.8) is 0 Å². The molecule has 0 aliphatic carbocycles. The Morgan fingerprint density at radius 1 is 0.402 bits per heavy atom. The average Bonchev–Trinajstić information content (AvgIpc) is 3.70. The number of rotatable bonds is 68. The van der Waals surface area contributed by atoms with Crippen LogP contribution < -0.4 is 5.32 Å². The molecule has 0 radical (unpaired) electrons. The Bertz CT molecular complexity index is 1720. The van der Waals surface area contributed by atoms with E-state index in [1.54, 1.807) is 0 Å². The van der Waals surface area contributed by atoms with Crippen molar-refractivity contribution in [3.05, 3.63) is 72.9 Å². The summed E-state index contributed by atoms with van der Waals surface area (Å²) in [5.41, 5.74) is 0. The molecule has 0 saturated heterocycles. The number of quaternary nitrogens is 1. The maximum Gasteiger partial charge on any atom is 0.472 e. The lowest BCUT2D eigenvalue weighted by Gasteiger charge is -2.27. The van der Waals surface area contributed by atoms with Gasteiger partial charge in [-0.05, 0) is 102 Å². The molecule has 1 amide bonds. The fraction of sp³-hybridized carbons (Fsp3) is 0.818. The number of esters is 1. The topological polar surface area (TPSA) is 111 Å². The van der Waals surface area contributed by atoms with Crippen LogP contribution >= 0.6 is 7.82 Å². The van der Waals surface area contributed by atoms with Crippen LogP contribution in [-0.2, 0) is 27.9 Å². The third kappa shape index (κ3) is 67.7. The van der Waals surface area contributed by atoms with Crippen LogP contribution in [-0.4, -0.2) is 74.3 Å². The molecule has 87 heavy (non-hydrogen) atoms. The smallest absolute Gasteiger partial charge is 0.456 e. The predicted molar refractivity (Wildman–Crippen MR) is 378 cm³/mol. The quantitative estimate of drug-likeness (QED) is 0.0205. The second kappa shape index (κ2) is 66.4. The summed E-state index contributed by atoms with van der Waals surface area (Å²) < 4.78 is 30.9. The number of hydrogen-bond donors (Lipinski definition) is 2. The van der Waals surface area contributed by atoms with Crippen LogP contribution in [0, 0.1) is 0 Å². The summed E-state index contributed by atoms with van der Waals surface area (Å²) in [5.74, 6) is -0.495. The number of carbonyl (C=O) groups is 2. The highest BCUT2D eigenvalue weighted by Crippen LogP contribution is 2.43. The van der Waals surface area contributed by atoms with Gasteiger partial charge in [0.05, 0.1) is 33.8 Å². The highest BCUT2D eigenvalue weighted by molar-refractivity contribution is 7.47. The third-order valence-corrected chi connectivity index (χ3v) is 17.6. The van der Waals surface area contributed by atoms with E-state index >= 15 is 0 Å². The molecule has 0 bridgehead atoms. The van der Waals surface area contributed by atoms with E-state index in [1.165, 1.54) is 244 Å². The van der Waals surface area contributed by atoms with E-state index in [4.69, 9.17) is 13.8 Å². The van der Waals surface area contributed by atoms with Gasteiger partial charge in [0.1, 0.15) is 19.3 Å². The predicted octanol–water partition coefficient (Wildman–Crippen LogP) is 23.9. The number of carbonyl (C=O) groups excluding carboxylic acids is 2. The lowest BCUT2D eigenvalue weighted by molar-refractivity contribution is -0.870. The number of ether oxygens (including phenoxy) is 1. The zero-order valence-corrected chi connectivity index (χ0v) is 59.2. The first-order valence-electron chi connectivity index (χ1n) is 37.3. The van der Waals surface area contributed by atoms with Gasteiger partial charge in [0, 0.05) is 12.8 Å². The molecule has 3 unspecified atom stereocenters. The second-order valence-corrected chi connectivity index (χ2v) is 27.9. The van der Waals surface area contributed by atoms with Crippen molar-refractivity contribution in [1.29, 1.82) is 0 Å². The van der Waals surface area contributed by atoms with Gasteiger partial charge in [0.25, 0.3) is 0 Å². The fourth-order valence-corrected chi connectivity index (χ4v) is 11.6. The van der Waals surface area contributed by atoms with Crippen molar-refractivity contribution in [2.24, 2.45) is 0 Å². The summed E-state index contributed by atoms with van der Waals surface area (Å²) in [5, 5.41) is 3.08. The van der Waals surface area contributed by atoms with E-state index in [0.29, 0.717) is 17.4 Å². The molecule has 0 heterocycles. The molecule has 0 rings (SSSR count). The number of amides is 1. The van der Waals surface area contributed by atoms with Crippen molar-refractivity contribution in [3.8, 4) is 0 Å². The molecule has 0 saturated carbocycles. The van der Waals surface area contributed by atoms with E-state index in [1.807, 2.05) is 33.3 Å². The molecule has 0 aromatic heterocycles. The SMILES string of the molecule is CCCCC/C=C\C/C=C\C/C=C\CCCCCCCCCCCCCCC(=O)OC(/C=C/CCCCCCCCCCCCC)C(COP(=O)(O)OCC[N+](C)(C)C)NC(=O)CCCCCCCCCCCCCCC/C=C\C/C=C\CCCCC. The Kier molecular flexibility index (Phi) is 64.4. The lowest BCUT2D eigenvalue weighted by Crippen LogP contribution is -2.47. The average molecular weight is 1240 g/mol. The van der Waals surface area contributed by atoms with E-state index in [2.05, 4.69) is 86.8 Å². The first-order valence-corrected chi connectivity index (χ1v) is 38.8. The summed E-state index contributed by atoms with van der Waals surface area (Å²) in [6, 6.07) is -0.852. The minimum atomic E-state index is -4.46. The molecule has 0 aliphatic rings. The summed E-state index contributed by atoms with van der Waals surface area (Å²) in [6.07, 6.45) is 87.7. The summed E-state index contributed by atoms with van der Waals surface area (Å²) in [4.78, 5) is 38.0. The molecule has 10 heteroatoms. The standard InChI is InChI=1S/C77H143N2O7P/c1-7-10-13-16-19-22-25-28-30-32-34-36-38-39-41-43-45-47-49-52-55-58-61-64-67-70-77(81)86-75(68-65-62-59-56-53-50-27-24-21-18-15-12-9-3)74(73-85-87(82,83)84-72-71-79(4,5)6)78-76(80)69-66-63-60-57-54-51-48-46-44-42-40-37-35-33-31-29-26-23-20-17-14-11-8-2/h19-20,22-23,28-31,34,36,65,68,74-75H,7-18,21,24-27,32-33,35,37-64,66-67,69-73H2,1-6H3,(H-,78,80,82,83)/p+1/b22-19-,23-20-,30-28-,31-29-,36-34-,68-65+. The second-order valence-electron chi connectivity index (χ2n) is 26.5. The summed E-state index contributed by atoms with van der Waals surface area (Å²) in [7, 11) is 1.50. The lowest BCUT2D eigenvalue weighted by atomic mass is 10.0. The van der Waals surface area contributed by atoms with Crippen LogP contribution in [0.2, 0.25) is 0 Å². The maximum atomic E-state index is 13.6. The molecule has 0 spiro atoms. The molecule has 0 aromatic rings. The minimum Gasteiger partial charge on any atom is -0.456 e. The number of unbranched alkanes of at least 4 members (excludes halogenated alkanes) is 42. The molecule has 0 aromatic carbocycles. The monoisotopic (exact) mass is 1240 g/mol. The van der Waals surface area contributed by atoms with Gasteiger partial charge >= 0.3 is 13.8 Å². The van der Waals surface area contributed by atoms with Crippen LogP contribution in [0.25, 0.3) is 0 Å². The maximum absolute atomic E-state index is 13.6. The van der Waals surface area contributed by atoms with Crippen LogP contribution in [0.1, 0.15) is 355 Å². The number of phosphoric ester groups is 1. The van der Waals surface area contributed by atoms with E-state index in [0.717, 1.165) is 77.0 Å². The molecule has 3 atom stereocenters. The van der Waals surface area contributed by atoms with Gasteiger partial charge in [0.2, 0.25) is 5.91 Å². The zero-order chi connectivity index (χ0) is 63.5. The normalized spacial score (nSPS) is 13.9. The van der Waals surface area contributed by atoms with E-state index in [-0.39, 0.29) is 31.5 Å². The number of nitrogens with zero attached hydrogens (tertiary/aromatic N) is 1. The molecule has 508 valence electrons. The van der Waals surface area contributed by atoms with Gasteiger partial charge in [-0.2, -0.15) is 0 Å². The third-order valence-electron chi connectivity index (χ3n) is 16.6. The molecular weight excluding hydrogens is 1100 g/mol. The van der Waals surface area contributed by atoms with Crippen molar-refractivity contribution < 1.29 is 37.3 Å². The van der Waals surface area contributed by atoms with E-state index in [9.17, 15) is 19.0 Å². The minimum absolute atomic E-state index is 0.0393. The summed E-state index contributed by atoms with van der Waals surface area (Å²) >= 11 is 0. The largest absolute Gasteiger partial charge is 0.472 e. The number of allylic oxidation sites excluding steroid dienone is 11. The first-order chi connectivity index (χ1) is 42.4. The highest BCUT2D eigenvalue weighted by Gasteiger charge is 2.30. The van der Waals surface area contributed by atoms with Gasteiger partial charge in [-0.1, -0.05) is 312 Å². The van der Waals surface area contributed by atoms with Crippen molar-refractivity contribution in [2.45, 2.75) is 367 Å². The number of nitrogens with one attached hydrogen (secondary N) is 1. The highest BCUT2D eigenvalue weighted by atomic mass is 31.2. The molecular formula is C77H144N2O7P+. The number of hydrogen-bond acceptors (Lipinski definition) is 6. The Labute approximate surface area is 540 Å². The van der Waals surface area contributed by atoms with Crippen molar-refractivity contribution in [1.82, 2.24) is 5.32 Å². The Morgan fingerprint density at radius 2 is 0.701 bits per heavy atom. The van der Waals surface area contributed by atoms with Crippen LogP contribution in [0.5, 0.6) is 0 Å². The molecule has 2 N–H and O–H groups in total. The molecule has 9 nitrogen and oxygen atoms in total. The van der Waals surface area contributed by atoms with Gasteiger partial charge in [-0.25, -0.2) is 4.57 Å². The summed E-state index contributed by atoms with van der Waals surface area (Å²) in [6.45, 7) is 7.01. The Hall–Kier alpha value is -2.55. The van der Waals surface area contributed by atoms with Gasteiger partial charge in [-0.3, -0.25) is 18.6 Å². The Morgan fingerprint density at radius 3 is 1.07 bits per heavy atom. The van der Waals surface area contributed by atoms with E-state index < -0.39 is 20.0 Å². The first kappa shape index (κ1) is 84.5. The zero-order valence-electron chi connectivity index (χ0n) is 58.3. The van der Waals surface area contributed by atoms with Crippen LogP contribution in [0.3, 0.4) is 0 Å². The van der Waals surface area contributed by atoms with Gasteiger partial charge in [-0.15, -0.1) is 0 Å². The van der Waals surface area contributed by atoms with Crippen LogP contribution in [0.4, 0.5) is 0 Å². The van der Waals surface area contributed by atoms with Gasteiger partial charge < -0.3 is 19.4 Å². The van der Waals surface area contributed by atoms with Crippen molar-refractivity contribution in [2.75, 3.05) is 40.9 Å². The number of likely N-dealkylation sites (N-methyl/N-ethyl adjacent to an activating group) is 1. The number of phosphoric acid groups is 1. The molecule has 0 aliphatic heterocycles.